The lowest BCUT2D eigenvalue weighted by atomic mass is 10.2. The number of aromatic nitrogens is 4. The lowest BCUT2D eigenvalue weighted by molar-refractivity contribution is 0.834. The van der Waals surface area contributed by atoms with Gasteiger partial charge in [0.15, 0.2) is 5.65 Å². The Labute approximate surface area is 121 Å². The van der Waals surface area contributed by atoms with Crippen LogP contribution in [0.2, 0.25) is 0 Å². The van der Waals surface area contributed by atoms with Crippen molar-refractivity contribution in [2.24, 2.45) is 0 Å². The number of rotatable bonds is 3. The third-order valence-electron chi connectivity index (χ3n) is 3.50. The van der Waals surface area contributed by atoms with Crippen molar-refractivity contribution in [3.05, 3.63) is 54.6 Å². The second-order valence-electron chi connectivity index (χ2n) is 4.86. The van der Waals surface area contributed by atoms with E-state index in [1.54, 1.807) is 4.63 Å². The van der Waals surface area contributed by atoms with Crippen molar-refractivity contribution in [3.8, 4) is 5.69 Å². The van der Waals surface area contributed by atoms with Crippen LogP contribution in [0.3, 0.4) is 0 Å². The van der Waals surface area contributed by atoms with E-state index in [-0.39, 0.29) is 0 Å². The number of nitrogens with zero attached hydrogens (tertiary/aromatic N) is 4. The maximum atomic E-state index is 4.57. The molecule has 104 valence electrons. The molecular formula is C16H15N5. The van der Waals surface area contributed by atoms with Gasteiger partial charge in [-0.1, -0.05) is 30.3 Å². The molecule has 1 N–H and O–H groups in total. The molecule has 0 bridgehead atoms. The average Bonchev–Trinajstić information content (AvgIpc) is 3.04. The van der Waals surface area contributed by atoms with E-state index in [1.807, 2.05) is 36.4 Å². The molecular weight excluding hydrogens is 262 g/mol. The van der Waals surface area contributed by atoms with E-state index in [0.717, 1.165) is 34.7 Å². The highest BCUT2D eigenvalue weighted by molar-refractivity contribution is 5.93. The summed E-state index contributed by atoms with van der Waals surface area (Å²) in [4.78, 5) is 0. The molecule has 0 unspecified atom stereocenters. The molecule has 5 nitrogen and oxygen atoms in total. The van der Waals surface area contributed by atoms with Gasteiger partial charge in [0.25, 0.3) is 0 Å². The first kappa shape index (κ1) is 12.0. The van der Waals surface area contributed by atoms with E-state index in [1.165, 1.54) is 0 Å². The highest BCUT2D eigenvalue weighted by Crippen LogP contribution is 2.25. The molecule has 0 amide bonds. The first-order valence-corrected chi connectivity index (χ1v) is 7.04. The third kappa shape index (κ3) is 1.78. The first-order valence-electron chi connectivity index (χ1n) is 7.04. The Hall–Kier alpha value is -2.82. The number of anilines is 1. The zero-order valence-corrected chi connectivity index (χ0v) is 11.7. The van der Waals surface area contributed by atoms with Gasteiger partial charge in [0.2, 0.25) is 5.95 Å². The number of hydrogen-bond acceptors (Lipinski definition) is 3. The Morgan fingerprint density at radius 1 is 0.952 bits per heavy atom. The minimum absolute atomic E-state index is 0.803. The summed E-state index contributed by atoms with van der Waals surface area (Å²) < 4.78 is 3.81. The third-order valence-corrected chi connectivity index (χ3v) is 3.50. The van der Waals surface area contributed by atoms with Gasteiger partial charge in [0.1, 0.15) is 0 Å². The summed E-state index contributed by atoms with van der Waals surface area (Å²) in [5.41, 5.74) is 3.00. The Morgan fingerprint density at radius 3 is 2.52 bits per heavy atom. The van der Waals surface area contributed by atoms with Crippen LogP contribution in [0, 0.1) is 0 Å². The molecule has 2 heterocycles. The van der Waals surface area contributed by atoms with Crippen LogP contribution >= 0.6 is 0 Å². The molecule has 0 fully saturated rings. The molecule has 0 radical (unpaired) electrons. The monoisotopic (exact) mass is 277 g/mol. The first-order chi connectivity index (χ1) is 10.4. The van der Waals surface area contributed by atoms with E-state index >= 15 is 0 Å². The molecule has 0 saturated carbocycles. The van der Waals surface area contributed by atoms with Crippen LogP contribution in [-0.2, 0) is 0 Å². The molecule has 0 aliphatic carbocycles. The number of para-hydroxylation sites is 1. The summed E-state index contributed by atoms with van der Waals surface area (Å²) in [7, 11) is 0. The molecule has 2 aromatic carbocycles. The molecule has 5 heteroatoms. The molecule has 2 aromatic heterocycles. The van der Waals surface area contributed by atoms with Crippen LogP contribution in [0.25, 0.3) is 22.2 Å². The van der Waals surface area contributed by atoms with E-state index < -0.39 is 0 Å². The van der Waals surface area contributed by atoms with Crippen molar-refractivity contribution < 1.29 is 0 Å². The van der Waals surface area contributed by atoms with Crippen molar-refractivity contribution >= 4 is 22.5 Å². The van der Waals surface area contributed by atoms with E-state index in [9.17, 15) is 0 Å². The fourth-order valence-electron chi connectivity index (χ4n) is 2.62. The SMILES string of the molecule is CCNc1nn2nc3ccccc3c2n1-c1ccccc1. The van der Waals surface area contributed by atoms with E-state index in [2.05, 4.69) is 45.2 Å². The minimum Gasteiger partial charge on any atom is -0.354 e. The Balaban J connectivity index is 2.10. The van der Waals surface area contributed by atoms with Gasteiger partial charge in [0.05, 0.1) is 11.2 Å². The summed E-state index contributed by atoms with van der Waals surface area (Å²) in [6, 6.07) is 18.3. The maximum Gasteiger partial charge on any atom is 0.229 e. The quantitative estimate of drug-likeness (QED) is 0.626. The second kappa shape index (κ2) is 4.63. The lowest BCUT2D eigenvalue weighted by Crippen LogP contribution is -2.05. The molecule has 21 heavy (non-hydrogen) atoms. The summed E-state index contributed by atoms with van der Waals surface area (Å²) >= 11 is 0. The van der Waals surface area contributed by atoms with Crippen LogP contribution in [0.5, 0.6) is 0 Å². The van der Waals surface area contributed by atoms with Crippen LogP contribution in [0.15, 0.2) is 54.6 Å². The van der Waals surface area contributed by atoms with Crippen LogP contribution in [0.1, 0.15) is 6.92 Å². The highest BCUT2D eigenvalue weighted by Gasteiger charge is 2.16. The number of fused-ring (bicyclic) bond motifs is 3. The van der Waals surface area contributed by atoms with Gasteiger partial charge in [-0.15, -0.1) is 14.8 Å². The van der Waals surface area contributed by atoms with Crippen molar-refractivity contribution in [3.63, 3.8) is 0 Å². The normalized spacial score (nSPS) is 11.3. The Kier molecular flexibility index (Phi) is 2.64. The number of hydrogen-bond donors (Lipinski definition) is 1. The lowest BCUT2D eigenvalue weighted by Gasteiger charge is -2.08. The largest absolute Gasteiger partial charge is 0.354 e. The van der Waals surface area contributed by atoms with E-state index in [4.69, 9.17) is 0 Å². The van der Waals surface area contributed by atoms with Gasteiger partial charge in [-0.3, -0.25) is 4.57 Å². The smallest absolute Gasteiger partial charge is 0.229 e. The minimum atomic E-state index is 0.803. The molecule has 0 saturated heterocycles. The summed E-state index contributed by atoms with van der Waals surface area (Å²) in [6.07, 6.45) is 0. The van der Waals surface area contributed by atoms with Gasteiger partial charge in [0, 0.05) is 11.9 Å². The fourth-order valence-corrected chi connectivity index (χ4v) is 2.62. The molecule has 0 spiro atoms. The van der Waals surface area contributed by atoms with Gasteiger partial charge >= 0.3 is 0 Å². The maximum absolute atomic E-state index is 4.57. The summed E-state index contributed by atoms with van der Waals surface area (Å²) in [5, 5.41) is 13.5. The van der Waals surface area contributed by atoms with Crippen molar-refractivity contribution in [1.29, 1.82) is 0 Å². The molecule has 0 atom stereocenters. The summed E-state index contributed by atoms with van der Waals surface area (Å²) in [6.45, 7) is 2.87. The summed E-state index contributed by atoms with van der Waals surface area (Å²) in [5.74, 6) is 0.803. The number of nitrogens with one attached hydrogen (secondary N) is 1. The average molecular weight is 277 g/mol. The van der Waals surface area contributed by atoms with Crippen molar-refractivity contribution in [2.75, 3.05) is 11.9 Å². The van der Waals surface area contributed by atoms with Gasteiger partial charge in [-0.05, 0) is 31.2 Å². The fraction of sp³-hybridized carbons (Fsp3) is 0.125. The molecule has 4 rings (SSSR count). The molecule has 0 aliphatic rings. The van der Waals surface area contributed by atoms with Crippen LogP contribution in [-0.4, -0.2) is 25.9 Å². The zero-order valence-electron chi connectivity index (χ0n) is 11.7. The second-order valence-corrected chi connectivity index (χ2v) is 4.86. The zero-order chi connectivity index (χ0) is 14.2. The van der Waals surface area contributed by atoms with Crippen molar-refractivity contribution in [1.82, 2.24) is 19.4 Å². The Morgan fingerprint density at radius 2 is 1.71 bits per heavy atom. The highest BCUT2D eigenvalue weighted by atomic mass is 15.5. The predicted octanol–water partition coefficient (Wildman–Crippen LogP) is 3.11. The standard InChI is InChI=1S/C16H15N5/c1-2-17-16-19-21-15(13-10-6-7-11-14(13)18-21)20(16)12-8-4-3-5-9-12/h3-11H,2H2,1H3,(H,17,19). The van der Waals surface area contributed by atoms with Gasteiger partial charge in [-0.2, -0.15) is 0 Å². The molecule has 0 aliphatic heterocycles. The van der Waals surface area contributed by atoms with Gasteiger partial charge < -0.3 is 5.32 Å². The topological polar surface area (TPSA) is 47.1 Å². The van der Waals surface area contributed by atoms with Crippen LogP contribution < -0.4 is 5.32 Å². The molecule has 4 aromatic rings. The van der Waals surface area contributed by atoms with Crippen molar-refractivity contribution in [2.45, 2.75) is 6.92 Å². The van der Waals surface area contributed by atoms with E-state index in [0.29, 0.717) is 0 Å². The predicted molar refractivity (Wildman–Crippen MR) is 84.0 cm³/mol. The number of benzene rings is 2. The Bertz CT molecular complexity index is 904. The van der Waals surface area contributed by atoms with Crippen LogP contribution in [0.4, 0.5) is 5.95 Å². The van der Waals surface area contributed by atoms with Gasteiger partial charge in [-0.25, -0.2) is 0 Å².